The SMILES string of the molecule is CCC1COC(C)CN1Cc1ccc(/C(N)=N/O)cc1Cl. The van der Waals surface area contributed by atoms with Gasteiger partial charge in [0.2, 0.25) is 0 Å². The van der Waals surface area contributed by atoms with Crippen molar-refractivity contribution in [1.82, 2.24) is 4.90 Å². The molecule has 0 saturated carbocycles. The number of halogens is 1. The van der Waals surface area contributed by atoms with E-state index in [4.69, 9.17) is 27.3 Å². The van der Waals surface area contributed by atoms with Crippen molar-refractivity contribution in [3.8, 4) is 0 Å². The zero-order valence-corrected chi connectivity index (χ0v) is 13.2. The van der Waals surface area contributed by atoms with E-state index in [0.29, 0.717) is 16.6 Å². The maximum Gasteiger partial charge on any atom is 0.170 e. The summed E-state index contributed by atoms with van der Waals surface area (Å²) in [7, 11) is 0. The van der Waals surface area contributed by atoms with E-state index in [0.717, 1.165) is 31.7 Å². The molecule has 0 amide bonds. The zero-order valence-electron chi connectivity index (χ0n) is 12.4. The summed E-state index contributed by atoms with van der Waals surface area (Å²) in [6, 6.07) is 5.90. The number of hydrogen-bond donors (Lipinski definition) is 2. The molecule has 1 heterocycles. The van der Waals surface area contributed by atoms with Gasteiger partial charge in [0.25, 0.3) is 0 Å². The van der Waals surface area contributed by atoms with Gasteiger partial charge in [0.05, 0.1) is 12.7 Å². The third-order valence-electron chi connectivity index (χ3n) is 3.88. The number of rotatable bonds is 4. The molecule has 21 heavy (non-hydrogen) atoms. The first-order valence-electron chi connectivity index (χ1n) is 7.17. The van der Waals surface area contributed by atoms with Gasteiger partial charge in [-0.3, -0.25) is 4.90 Å². The molecule has 0 spiro atoms. The molecule has 1 aromatic rings. The van der Waals surface area contributed by atoms with Gasteiger partial charge in [0.15, 0.2) is 5.84 Å². The van der Waals surface area contributed by atoms with E-state index in [1.165, 1.54) is 0 Å². The van der Waals surface area contributed by atoms with Crippen LogP contribution in [0.25, 0.3) is 0 Å². The first-order chi connectivity index (χ1) is 10.0. The molecule has 2 atom stereocenters. The predicted molar refractivity (Wildman–Crippen MR) is 83.9 cm³/mol. The van der Waals surface area contributed by atoms with E-state index < -0.39 is 0 Å². The quantitative estimate of drug-likeness (QED) is 0.388. The summed E-state index contributed by atoms with van der Waals surface area (Å²) in [6.07, 6.45) is 1.29. The minimum absolute atomic E-state index is 0.0647. The van der Waals surface area contributed by atoms with Crippen molar-refractivity contribution < 1.29 is 9.94 Å². The maximum absolute atomic E-state index is 8.70. The fraction of sp³-hybridized carbons (Fsp3) is 0.533. The molecule has 1 fully saturated rings. The van der Waals surface area contributed by atoms with Crippen LogP contribution in [-0.2, 0) is 11.3 Å². The molecule has 116 valence electrons. The minimum Gasteiger partial charge on any atom is -0.409 e. The molecule has 5 nitrogen and oxygen atoms in total. The molecule has 0 radical (unpaired) electrons. The maximum atomic E-state index is 8.70. The lowest BCUT2D eigenvalue weighted by molar-refractivity contribution is -0.0591. The topological polar surface area (TPSA) is 71.1 Å². The first-order valence-corrected chi connectivity index (χ1v) is 7.55. The number of benzene rings is 1. The number of hydrogen-bond acceptors (Lipinski definition) is 4. The molecule has 3 N–H and O–H groups in total. The molecule has 1 aliphatic heterocycles. The monoisotopic (exact) mass is 311 g/mol. The molecule has 0 aliphatic carbocycles. The van der Waals surface area contributed by atoms with Crippen LogP contribution in [0.3, 0.4) is 0 Å². The molecule has 0 bridgehead atoms. The summed E-state index contributed by atoms with van der Waals surface area (Å²) in [5.41, 5.74) is 7.23. The fourth-order valence-electron chi connectivity index (χ4n) is 2.59. The second kappa shape index (κ2) is 7.11. The van der Waals surface area contributed by atoms with Gasteiger partial charge in [0, 0.05) is 29.7 Å². The standard InChI is InChI=1S/C15H22ClN3O2/c1-3-13-9-21-10(2)7-19(13)8-12-5-4-11(6-14(12)16)15(17)18-20/h4-6,10,13,20H,3,7-9H2,1-2H3,(H2,17,18). The van der Waals surface area contributed by atoms with Crippen LogP contribution in [0, 0.1) is 0 Å². The van der Waals surface area contributed by atoms with E-state index in [9.17, 15) is 0 Å². The Morgan fingerprint density at radius 1 is 1.57 bits per heavy atom. The molecule has 1 aliphatic rings. The number of ether oxygens (including phenoxy) is 1. The molecule has 1 aromatic carbocycles. The van der Waals surface area contributed by atoms with Gasteiger partial charge in [-0.05, 0) is 25.0 Å². The Balaban J connectivity index is 2.15. The number of nitrogens with zero attached hydrogens (tertiary/aromatic N) is 2. The summed E-state index contributed by atoms with van der Waals surface area (Å²) in [5.74, 6) is 0.0647. The van der Waals surface area contributed by atoms with E-state index in [1.54, 1.807) is 6.07 Å². The largest absolute Gasteiger partial charge is 0.409 e. The molecule has 0 aromatic heterocycles. The first kappa shape index (κ1) is 16.1. The molecule has 1 saturated heterocycles. The van der Waals surface area contributed by atoms with Gasteiger partial charge in [0.1, 0.15) is 0 Å². The second-order valence-electron chi connectivity index (χ2n) is 5.43. The van der Waals surface area contributed by atoms with Crippen molar-refractivity contribution in [2.24, 2.45) is 10.9 Å². The van der Waals surface area contributed by atoms with Crippen LogP contribution < -0.4 is 5.73 Å². The van der Waals surface area contributed by atoms with Crippen LogP contribution in [0.2, 0.25) is 5.02 Å². The minimum atomic E-state index is 0.0647. The van der Waals surface area contributed by atoms with Crippen molar-refractivity contribution in [3.63, 3.8) is 0 Å². The third-order valence-corrected chi connectivity index (χ3v) is 4.23. The Kier molecular flexibility index (Phi) is 5.45. The van der Waals surface area contributed by atoms with Gasteiger partial charge in [-0.1, -0.05) is 35.8 Å². The van der Waals surface area contributed by atoms with Crippen molar-refractivity contribution in [2.45, 2.75) is 39.0 Å². The van der Waals surface area contributed by atoms with Crippen molar-refractivity contribution in [2.75, 3.05) is 13.2 Å². The summed E-state index contributed by atoms with van der Waals surface area (Å²) in [4.78, 5) is 2.40. The summed E-state index contributed by atoms with van der Waals surface area (Å²) < 4.78 is 5.71. The highest BCUT2D eigenvalue weighted by molar-refractivity contribution is 6.31. The third kappa shape index (κ3) is 3.87. The Bertz CT molecular complexity index is 522. The van der Waals surface area contributed by atoms with Gasteiger partial charge in [-0.25, -0.2) is 0 Å². The van der Waals surface area contributed by atoms with Crippen LogP contribution in [0.1, 0.15) is 31.4 Å². The van der Waals surface area contributed by atoms with Crippen molar-refractivity contribution in [3.05, 3.63) is 34.3 Å². The van der Waals surface area contributed by atoms with Gasteiger partial charge >= 0.3 is 0 Å². The van der Waals surface area contributed by atoms with Crippen molar-refractivity contribution in [1.29, 1.82) is 0 Å². The lowest BCUT2D eigenvalue weighted by Gasteiger charge is -2.38. The van der Waals surface area contributed by atoms with Crippen molar-refractivity contribution >= 4 is 17.4 Å². The molecule has 6 heteroatoms. The highest BCUT2D eigenvalue weighted by Gasteiger charge is 2.25. The van der Waals surface area contributed by atoms with Crippen LogP contribution in [-0.4, -0.2) is 41.2 Å². The second-order valence-corrected chi connectivity index (χ2v) is 5.83. The lowest BCUT2D eigenvalue weighted by Crippen LogP contribution is -2.47. The van der Waals surface area contributed by atoms with E-state index >= 15 is 0 Å². The van der Waals surface area contributed by atoms with Gasteiger partial charge in [-0.15, -0.1) is 0 Å². The van der Waals surface area contributed by atoms with Crippen LogP contribution in [0.4, 0.5) is 0 Å². The number of amidine groups is 1. The van der Waals surface area contributed by atoms with E-state index in [-0.39, 0.29) is 11.9 Å². The smallest absolute Gasteiger partial charge is 0.170 e. The molecule has 2 unspecified atom stereocenters. The Hall–Kier alpha value is -1.30. The summed E-state index contributed by atoms with van der Waals surface area (Å²) >= 11 is 6.33. The predicted octanol–water partition coefficient (Wildman–Crippen LogP) is 2.43. The van der Waals surface area contributed by atoms with Gasteiger partial charge < -0.3 is 15.7 Å². The number of morpholine rings is 1. The van der Waals surface area contributed by atoms with E-state index in [2.05, 4.69) is 23.9 Å². The average molecular weight is 312 g/mol. The highest BCUT2D eigenvalue weighted by atomic mass is 35.5. The summed E-state index contributed by atoms with van der Waals surface area (Å²) in [5, 5.41) is 12.3. The normalized spacial score (nSPS) is 24.2. The molecular weight excluding hydrogens is 290 g/mol. The van der Waals surface area contributed by atoms with Crippen LogP contribution in [0.15, 0.2) is 23.4 Å². The van der Waals surface area contributed by atoms with Crippen LogP contribution in [0.5, 0.6) is 0 Å². The fourth-order valence-corrected chi connectivity index (χ4v) is 2.83. The lowest BCUT2D eigenvalue weighted by atomic mass is 10.1. The Morgan fingerprint density at radius 2 is 2.33 bits per heavy atom. The molecular formula is C15H22ClN3O2. The Labute approximate surface area is 130 Å². The number of nitrogens with two attached hydrogens (primary N) is 1. The van der Waals surface area contributed by atoms with Gasteiger partial charge in [-0.2, -0.15) is 0 Å². The average Bonchev–Trinajstić information content (AvgIpc) is 2.48. The van der Waals surface area contributed by atoms with Crippen LogP contribution >= 0.6 is 11.6 Å². The summed E-state index contributed by atoms with van der Waals surface area (Å²) in [6.45, 7) is 6.69. The molecule has 2 rings (SSSR count). The zero-order chi connectivity index (χ0) is 15.4. The Morgan fingerprint density at radius 3 is 2.95 bits per heavy atom. The number of oxime groups is 1. The van der Waals surface area contributed by atoms with E-state index in [1.807, 2.05) is 12.1 Å². The highest BCUT2D eigenvalue weighted by Crippen LogP contribution is 2.23.